The van der Waals surface area contributed by atoms with Crippen molar-refractivity contribution in [2.24, 2.45) is 16.8 Å². The number of aliphatic hydroxyl groups is 2. The first-order valence-electron chi connectivity index (χ1n) is 16.0. The number of rotatable bonds is 14. The third kappa shape index (κ3) is 8.19. The van der Waals surface area contributed by atoms with Gasteiger partial charge in [-0.15, -0.1) is 0 Å². The van der Waals surface area contributed by atoms with Crippen molar-refractivity contribution in [3.8, 4) is 0 Å². The van der Waals surface area contributed by atoms with E-state index in [4.69, 9.17) is 14.2 Å². The fourth-order valence-electron chi connectivity index (χ4n) is 6.32. The first-order valence-corrected chi connectivity index (χ1v) is 17.4. The number of nitrogens with zero attached hydrogens (tertiary/aromatic N) is 2. The minimum absolute atomic E-state index is 0.0397. The van der Waals surface area contributed by atoms with Crippen LogP contribution in [0.4, 0.5) is 10.5 Å². The molecule has 2 fully saturated rings. The van der Waals surface area contributed by atoms with Gasteiger partial charge in [0.2, 0.25) is 15.9 Å². The standard InChI is InChI=1S/C33H44N4O9S/c1-20(2)17-37(47(42,43)23-9-10-26-25(16-23)30(31(40)35-26)21(3)34-12-13-38)18-28(39)27(15-22-7-5-4-6-8-22)36-33(41)46-29-19-45-32-24(29)11-14-44-32/h4-10,16,20,24,27-30,32,38-39H,11-15,17-19H2,1-3H3,(H,35,40)(H,36,41). The summed E-state index contributed by atoms with van der Waals surface area (Å²) in [5, 5.41) is 26.4. The monoisotopic (exact) mass is 672 g/mol. The number of hydrogen-bond donors (Lipinski definition) is 4. The van der Waals surface area contributed by atoms with Gasteiger partial charge in [0.1, 0.15) is 12.0 Å². The van der Waals surface area contributed by atoms with E-state index in [1.54, 1.807) is 13.0 Å². The molecular formula is C33H44N4O9S. The van der Waals surface area contributed by atoms with Gasteiger partial charge in [0.05, 0.1) is 49.3 Å². The van der Waals surface area contributed by atoms with E-state index in [0.29, 0.717) is 30.0 Å². The maximum Gasteiger partial charge on any atom is 0.407 e. The number of ether oxygens (including phenoxy) is 3. The van der Waals surface area contributed by atoms with Gasteiger partial charge in [-0.1, -0.05) is 44.2 Å². The number of aliphatic hydroxyl groups excluding tert-OH is 2. The van der Waals surface area contributed by atoms with E-state index in [1.807, 2.05) is 44.2 Å². The molecule has 256 valence electrons. The van der Waals surface area contributed by atoms with Crippen LogP contribution in [-0.2, 0) is 35.4 Å². The lowest BCUT2D eigenvalue weighted by molar-refractivity contribution is -0.115. The highest BCUT2D eigenvalue weighted by Gasteiger charge is 2.44. The Labute approximate surface area is 275 Å². The van der Waals surface area contributed by atoms with Crippen LogP contribution in [0, 0.1) is 11.8 Å². The van der Waals surface area contributed by atoms with Gasteiger partial charge < -0.3 is 35.1 Å². The molecule has 3 aliphatic heterocycles. The summed E-state index contributed by atoms with van der Waals surface area (Å²) in [7, 11) is -4.18. The number of nitrogens with one attached hydrogen (secondary N) is 2. The molecule has 2 amide bonds. The van der Waals surface area contributed by atoms with Crippen LogP contribution < -0.4 is 10.6 Å². The van der Waals surface area contributed by atoms with Crippen LogP contribution in [0.2, 0.25) is 0 Å². The summed E-state index contributed by atoms with van der Waals surface area (Å²) < 4.78 is 46.4. The van der Waals surface area contributed by atoms with Crippen molar-refractivity contribution >= 4 is 33.4 Å². The van der Waals surface area contributed by atoms with Gasteiger partial charge in [-0.3, -0.25) is 9.79 Å². The lowest BCUT2D eigenvalue weighted by Gasteiger charge is -2.31. The zero-order chi connectivity index (χ0) is 33.7. The summed E-state index contributed by atoms with van der Waals surface area (Å²) in [5.74, 6) is -1.28. The third-order valence-electron chi connectivity index (χ3n) is 8.64. The maximum absolute atomic E-state index is 14.2. The Kier molecular flexibility index (Phi) is 11.3. The Hall–Kier alpha value is -3.40. The molecule has 3 heterocycles. The number of hydrogen-bond acceptors (Lipinski definition) is 10. The lowest BCUT2D eigenvalue weighted by Crippen LogP contribution is -2.51. The second-order valence-electron chi connectivity index (χ2n) is 12.6. The van der Waals surface area contributed by atoms with Crippen molar-refractivity contribution < 1.29 is 42.4 Å². The zero-order valence-electron chi connectivity index (χ0n) is 26.9. The predicted octanol–water partition coefficient (Wildman–Crippen LogP) is 2.28. The Morgan fingerprint density at radius 2 is 1.94 bits per heavy atom. The lowest BCUT2D eigenvalue weighted by atomic mass is 9.96. The van der Waals surface area contributed by atoms with Crippen molar-refractivity contribution in [2.75, 3.05) is 44.8 Å². The van der Waals surface area contributed by atoms with Crippen LogP contribution in [-0.4, -0.2) is 105 Å². The molecular weight excluding hydrogens is 628 g/mol. The fraction of sp³-hybridized carbons (Fsp3) is 0.545. The molecule has 2 aromatic rings. The van der Waals surface area contributed by atoms with Gasteiger partial charge in [-0.05, 0) is 55.0 Å². The summed E-state index contributed by atoms with van der Waals surface area (Å²) in [6, 6.07) is 12.8. The van der Waals surface area contributed by atoms with Crippen LogP contribution in [0.5, 0.6) is 0 Å². The Bertz CT molecular complexity index is 1550. The Morgan fingerprint density at radius 1 is 1.17 bits per heavy atom. The number of fused-ring (bicyclic) bond motifs is 2. The fourth-order valence-corrected chi connectivity index (χ4v) is 7.97. The number of amides is 2. The second-order valence-corrected chi connectivity index (χ2v) is 14.5. The molecule has 0 aliphatic carbocycles. The first-order chi connectivity index (χ1) is 22.5. The number of benzene rings is 2. The van der Waals surface area contributed by atoms with Gasteiger partial charge >= 0.3 is 6.09 Å². The molecule has 2 aromatic carbocycles. The number of alkyl carbamates (subject to hydrolysis) is 1. The largest absolute Gasteiger partial charge is 0.443 e. The van der Waals surface area contributed by atoms with Crippen molar-refractivity contribution in [1.29, 1.82) is 0 Å². The highest BCUT2D eigenvalue weighted by molar-refractivity contribution is 7.89. The average Bonchev–Trinajstić information content (AvgIpc) is 3.74. The number of aliphatic imine (C=N–C) groups is 1. The van der Waals surface area contributed by atoms with E-state index in [9.17, 15) is 28.2 Å². The maximum atomic E-state index is 14.2. The van der Waals surface area contributed by atoms with Crippen LogP contribution >= 0.6 is 0 Å². The van der Waals surface area contributed by atoms with Crippen molar-refractivity contribution in [3.05, 3.63) is 59.7 Å². The molecule has 0 spiro atoms. The number of carbonyl (C=O) groups excluding carboxylic acids is 2. The quantitative estimate of drug-likeness (QED) is 0.220. The van der Waals surface area contributed by atoms with E-state index in [2.05, 4.69) is 15.6 Å². The van der Waals surface area contributed by atoms with E-state index >= 15 is 0 Å². The van der Waals surface area contributed by atoms with Gasteiger partial charge in [-0.2, -0.15) is 4.31 Å². The molecule has 3 aliphatic rings. The average molecular weight is 673 g/mol. The van der Waals surface area contributed by atoms with Crippen LogP contribution in [0.15, 0.2) is 58.4 Å². The number of anilines is 1. The van der Waals surface area contributed by atoms with E-state index < -0.39 is 46.6 Å². The predicted molar refractivity (Wildman–Crippen MR) is 174 cm³/mol. The van der Waals surface area contributed by atoms with Gasteiger partial charge in [0.25, 0.3) is 0 Å². The third-order valence-corrected chi connectivity index (χ3v) is 10.5. The second kappa shape index (κ2) is 15.2. The van der Waals surface area contributed by atoms with Gasteiger partial charge in [-0.25, -0.2) is 13.2 Å². The van der Waals surface area contributed by atoms with Crippen LogP contribution in [0.1, 0.15) is 44.2 Å². The smallest absolute Gasteiger partial charge is 0.407 e. The molecule has 4 N–H and O–H groups in total. The molecule has 5 rings (SSSR count). The molecule has 6 unspecified atom stereocenters. The number of sulfonamides is 1. The zero-order valence-corrected chi connectivity index (χ0v) is 27.7. The topological polar surface area (TPSA) is 176 Å². The van der Waals surface area contributed by atoms with E-state index in [-0.39, 0.29) is 61.9 Å². The molecule has 14 heteroatoms. The molecule has 0 bridgehead atoms. The van der Waals surface area contributed by atoms with Gasteiger partial charge in [0.15, 0.2) is 6.29 Å². The summed E-state index contributed by atoms with van der Waals surface area (Å²) in [6.07, 6.45) is -1.99. The number of carbonyl (C=O) groups is 2. The highest BCUT2D eigenvalue weighted by Crippen LogP contribution is 2.36. The van der Waals surface area contributed by atoms with Crippen LogP contribution in [0.25, 0.3) is 0 Å². The Balaban J connectivity index is 1.37. The molecule has 6 atom stereocenters. The van der Waals surface area contributed by atoms with Crippen molar-refractivity contribution in [1.82, 2.24) is 9.62 Å². The summed E-state index contributed by atoms with van der Waals surface area (Å²) in [6.45, 7) is 5.89. The van der Waals surface area contributed by atoms with Crippen molar-refractivity contribution in [2.45, 2.75) is 69.0 Å². The minimum atomic E-state index is -4.18. The van der Waals surface area contributed by atoms with Crippen molar-refractivity contribution in [3.63, 3.8) is 0 Å². The minimum Gasteiger partial charge on any atom is -0.443 e. The van der Waals surface area contributed by atoms with E-state index in [1.165, 1.54) is 16.4 Å². The van der Waals surface area contributed by atoms with Gasteiger partial charge in [0, 0.05) is 24.5 Å². The molecule has 13 nitrogen and oxygen atoms in total. The Morgan fingerprint density at radius 3 is 2.66 bits per heavy atom. The normalized spacial score (nSPS) is 23.8. The highest BCUT2D eigenvalue weighted by atomic mass is 32.2. The van der Waals surface area contributed by atoms with E-state index in [0.717, 1.165) is 5.56 Å². The van der Waals surface area contributed by atoms with Crippen LogP contribution in [0.3, 0.4) is 0 Å². The summed E-state index contributed by atoms with van der Waals surface area (Å²) in [5.41, 5.74) is 2.25. The summed E-state index contributed by atoms with van der Waals surface area (Å²) >= 11 is 0. The SMILES string of the molecule is CC(=NCCO)C1C(=O)Nc2ccc(S(=O)(=O)N(CC(C)C)CC(O)C(Cc3ccccc3)NC(=O)OC3COC4OCCC34)cc21. The first kappa shape index (κ1) is 34.9. The molecule has 2 saturated heterocycles. The molecule has 0 aromatic heterocycles. The molecule has 0 saturated carbocycles. The summed E-state index contributed by atoms with van der Waals surface area (Å²) in [4.78, 5) is 30.1. The molecule has 0 radical (unpaired) electrons. The molecule has 47 heavy (non-hydrogen) atoms.